The number of carbonyl (C=O) groups excluding carboxylic acids is 2. The number of carboxylic acids is 2. The third-order valence-electron chi connectivity index (χ3n) is 2.30. The molecule has 0 aromatic heterocycles. The van der Waals surface area contributed by atoms with Crippen molar-refractivity contribution in [3.8, 4) is 5.75 Å². The molecule has 88 valence electrons. The molecule has 2 rings (SSSR count). The molecule has 0 bridgehead atoms. The molecule has 1 aromatic rings. The van der Waals surface area contributed by atoms with Crippen molar-refractivity contribution in [1.82, 2.24) is 0 Å². The first-order valence-electron chi connectivity index (χ1n) is 4.60. The van der Waals surface area contributed by atoms with Crippen molar-refractivity contribution in [2.24, 2.45) is 0 Å². The molecule has 1 aromatic carbocycles. The van der Waals surface area contributed by atoms with E-state index < -0.39 is 17.7 Å². The van der Waals surface area contributed by atoms with Crippen molar-refractivity contribution in [2.45, 2.75) is 5.79 Å². The third-order valence-corrected chi connectivity index (χ3v) is 2.30. The molecule has 1 aliphatic heterocycles. The fourth-order valence-corrected chi connectivity index (χ4v) is 1.46. The second kappa shape index (κ2) is 3.60. The molecule has 1 heterocycles. The maximum absolute atomic E-state index is 10.8. The van der Waals surface area contributed by atoms with Crippen LogP contribution in [0.3, 0.4) is 0 Å². The van der Waals surface area contributed by atoms with E-state index >= 15 is 0 Å². The number of aromatic carboxylic acids is 1. The quantitative estimate of drug-likeness (QED) is 0.627. The highest BCUT2D eigenvalue weighted by Gasteiger charge is 2.32. The number of hydrogen-bond donors (Lipinski definition) is 1. The van der Waals surface area contributed by atoms with Crippen LogP contribution in [-0.2, 0) is 4.79 Å². The summed E-state index contributed by atoms with van der Waals surface area (Å²) >= 11 is 0. The molecule has 0 fully saturated rings. The van der Waals surface area contributed by atoms with E-state index in [1.807, 2.05) is 0 Å². The minimum atomic E-state index is -2.67. The van der Waals surface area contributed by atoms with Crippen LogP contribution in [0.5, 0.6) is 5.75 Å². The predicted octanol–water partition coefficient (Wildman–Crippen LogP) is -2.11. The molecule has 6 heteroatoms. The van der Waals surface area contributed by atoms with E-state index in [9.17, 15) is 24.9 Å². The van der Waals surface area contributed by atoms with Crippen LogP contribution in [0, 0.1) is 0 Å². The normalized spacial score (nSPS) is 21.5. The molecule has 1 aliphatic rings. The van der Waals surface area contributed by atoms with Crippen molar-refractivity contribution >= 4 is 18.0 Å². The summed E-state index contributed by atoms with van der Waals surface area (Å²) in [5.41, 5.74) is -0.0100. The van der Waals surface area contributed by atoms with E-state index in [1.54, 1.807) is 0 Å². The zero-order chi connectivity index (χ0) is 12.6. The molecule has 6 nitrogen and oxygen atoms in total. The molecular weight excluding hydrogens is 228 g/mol. The second-order valence-electron chi connectivity index (χ2n) is 3.43. The van der Waals surface area contributed by atoms with Gasteiger partial charge >= 0.3 is 0 Å². The molecule has 1 atom stereocenters. The van der Waals surface area contributed by atoms with Crippen molar-refractivity contribution in [1.29, 1.82) is 0 Å². The summed E-state index contributed by atoms with van der Waals surface area (Å²) in [6.45, 7) is 0. The summed E-state index contributed by atoms with van der Waals surface area (Å²) in [6, 6.07) is 4.14. The molecule has 0 saturated heterocycles. The molecule has 0 saturated carbocycles. The second-order valence-corrected chi connectivity index (χ2v) is 3.43. The maximum Gasteiger partial charge on any atom is 0.269 e. The first kappa shape index (κ1) is 11.2. The topological polar surface area (TPSA) is 110 Å². The average Bonchev–Trinajstić information content (AvgIpc) is 2.27. The van der Waals surface area contributed by atoms with Gasteiger partial charge in [-0.15, -0.1) is 0 Å². The van der Waals surface area contributed by atoms with Crippen LogP contribution >= 0.6 is 0 Å². The summed E-state index contributed by atoms with van der Waals surface area (Å²) in [4.78, 5) is 21.5. The van der Waals surface area contributed by atoms with Crippen LogP contribution in [0.2, 0.25) is 0 Å². The lowest BCUT2D eigenvalue weighted by Gasteiger charge is -2.31. The van der Waals surface area contributed by atoms with Gasteiger partial charge in [0.05, 0.1) is 5.97 Å². The Balaban J connectivity index is 2.56. The number of ether oxygens (including phenoxy) is 1. The standard InChI is InChI=1S/C11H8O6/c12-9(13)7-3-1-2-6-4-5-11(16,10(14)15)17-8(6)7/h1-5,16H,(H,12,13)(H,14,15)/p-2. The highest BCUT2D eigenvalue weighted by Crippen LogP contribution is 2.32. The van der Waals surface area contributed by atoms with Crippen molar-refractivity contribution < 1.29 is 29.6 Å². The van der Waals surface area contributed by atoms with Gasteiger partial charge in [-0.1, -0.05) is 12.1 Å². The highest BCUT2D eigenvalue weighted by atomic mass is 16.6. The fraction of sp³-hybridized carbons (Fsp3) is 0.0909. The van der Waals surface area contributed by atoms with E-state index in [1.165, 1.54) is 24.3 Å². The minimum absolute atomic E-state index is 0.262. The fourth-order valence-electron chi connectivity index (χ4n) is 1.46. The Labute approximate surface area is 95.4 Å². The summed E-state index contributed by atoms with van der Waals surface area (Å²) < 4.78 is 4.76. The van der Waals surface area contributed by atoms with Gasteiger partial charge in [0.2, 0.25) is 0 Å². The molecule has 0 radical (unpaired) electrons. The van der Waals surface area contributed by atoms with Gasteiger partial charge in [0, 0.05) is 11.1 Å². The molecule has 1 unspecified atom stereocenters. The predicted molar refractivity (Wildman–Crippen MR) is 50.4 cm³/mol. The Bertz CT molecular complexity index is 533. The summed E-state index contributed by atoms with van der Waals surface area (Å²) in [6.07, 6.45) is 2.10. The molecule has 17 heavy (non-hydrogen) atoms. The van der Waals surface area contributed by atoms with Gasteiger partial charge in [-0.25, -0.2) is 0 Å². The Kier molecular flexibility index (Phi) is 2.36. The minimum Gasteiger partial charge on any atom is -0.545 e. The summed E-state index contributed by atoms with van der Waals surface area (Å²) in [5.74, 6) is -6.34. The summed E-state index contributed by atoms with van der Waals surface area (Å²) in [5, 5.41) is 31.0. The largest absolute Gasteiger partial charge is 0.545 e. The first-order chi connectivity index (χ1) is 7.94. The lowest BCUT2D eigenvalue weighted by Crippen LogP contribution is -2.52. The van der Waals surface area contributed by atoms with Gasteiger partial charge in [0.15, 0.2) is 0 Å². The number of carbonyl (C=O) groups is 2. The number of aliphatic carboxylic acids is 1. The van der Waals surface area contributed by atoms with Gasteiger partial charge in [-0.2, -0.15) is 0 Å². The van der Waals surface area contributed by atoms with Crippen molar-refractivity contribution in [3.63, 3.8) is 0 Å². The van der Waals surface area contributed by atoms with Crippen LogP contribution in [0.1, 0.15) is 15.9 Å². The zero-order valence-electron chi connectivity index (χ0n) is 8.38. The number of aliphatic hydroxyl groups is 1. The Morgan fingerprint density at radius 3 is 2.59 bits per heavy atom. The van der Waals surface area contributed by atoms with Crippen LogP contribution < -0.4 is 14.9 Å². The van der Waals surface area contributed by atoms with Crippen molar-refractivity contribution in [2.75, 3.05) is 0 Å². The lowest BCUT2D eigenvalue weighted by molar-refractivity contribution is -0.336. The van der Waals surface area contributed by atoms with Crippen LogP contribution in [0.15, 0.2) is 24.3 Å². The smallest absolute Gasteiger partial charge is 0.269 e. The Hall–Kier alpha value is -2.34. The Morgan fingerprint density at radius 1 is 1.29 bits per heavy atom. The van der Waals surface area contributed by atoms with Gasteiger partial charge < -0.3 is 29.6 Å². The number of hydrogen-bond acceptors (Lipinski definition) is 6. The number of rotatable bonds is 2. The van der Waals surface area contributed by atoms with Gasteiger partial charge in [-0.05, 0) is 18.2 Å². The molecule has 0 spiro atoms. The van der Waals surface area contributed by atoms with E-state index in [2.05, 4.69) is 0 Å². The average molecular weight is 234 g/mol. The SMILES string of the molecule is O=C([O-])c1cccc2c1OC(O)(C(=O)[O-])C=C2. The number of carboxylic acid groups (broad SMARTS) is 2. The number of para-hydroxylation sites is 1. The van der Waals surface area contributed by atoms with Crippen molar-refractivity contribution in [3.05, 3.63) is 35.4 Å². The van der Waals surface area contributed by atoms with Gasteiger partial charge in [0.25, 0.3) is 5.79 Å². The molecule has 0 aliphatic carbocycles. The van der Waals surface area contributed by atoms with Crippen LogP contribution in [-0.4, -0.2) is 22.8 Å². The first-order valence-corrected chi connectivity index (χ1v) is 4.60. The van der Waals surface area contributed by atoms with E-state index in [0.717, 1.165) is 6.08 Å². The molecule has 1 N–H and O–H groups in total. The van der Waals surface area contributed by atoms with E-state index in [0.29, 0.717) is 5.56 Å². The zero-order valence-corrected chi connectivity index (χ0v) is 8.38. The molecular formula is C11H6O6-2. The van der Waals surface area contributed by atoms with Crippen LogP contribution in [0.4, 0.5) is 0 Å². The van der Waals surface area contributed by atoms with Crippen LogP contribution in [0.25, 0.3) is 6.08 Å². The number of benzene rings is 1. The lowest BCUT2D eigenvalue weighted by atomic mass is 10.0. The highest BCUT2D eigenvalue weighted by molar-refractivity contribution is 5.92. The van der Waals surface area contributed by atoms with E-state index in [4.69, 9.17) is 4.74 Å². The molecule has 0 amide bonds. The maximum atomic E-state index is 10.8. The third kappa shape index (κ3) is 1.74. The number of fused-ring (bicyclic) bond motifs is 1. The van der Waals surface area contributed by atoms with Gasteiger partial charge in [0.1, 0.15) is 11.7 Å². The monoisotopic (exact) mass is 234 g/mol. The summed E-state index contributed by atoms with van der Waals surface area (Å²) in [7, 11) is 0. The Morgan fingerprint density at radius 2 is 2.00 bits per heavy atom. The van der Waals surface area contributed by atoms with E-state index in [-0.39, 0.29) is 11.3 Å². The van der Waals surface area contributed by atoms with Gasteiger partial charge in [-0.3, -0.25) is 0 Å².